The Balaban J connectivity index is 1.47. The number of nitrogens with one attached hydrogen (secondary N) is 2. The van der Waals surface area contributed by atoms with Crippen molar-refractivity contribution in [2.75, 3.05) is 38.3 Å². The van der Waals surface area contributed by atoms with Crippen LogP contribution in [-0.4, -0.2) is 44.0 Å². The van der Waals surface area contributed by atoms with Gasteiger partial charge in [-0.1, -0.05) is 62.1 Å². The first-order valence-electron chi connectivity index (χ1n) is 14.5. The number of hydrogen-bond donors (Lipinski definition) is 2. The van der Waals surface area contributed by atoms with Crippen molar-refractivity contribution in [1.29, 1.82) is 0 Å². The van der Waals surface area contributed by atoms with Crippen LogP contribution in [-0.2, 0) is 12.8 Å². The summed E-state index contributed by atoms with van der Waals surface area (Å²) in [5.74, 6) is -0.413. The molecule has 0 aliphatic heterocycles. The molecule has 3 rings (SSSR count). The predicted molar refractivity (Wildman–Crippen MR) is 169 cm³/mol. The summed E-state index contributed by atoms with van der Waals surface area (Å²) < 4.78 is 1.04. The first-order chi connectivity index (χ1) is 19.1. The second kappa shape index (κ2) is 15.0. The number of rotatable bonds is 14. The van der Waals surface area contributed by atoms with Crippen LogP contribution in [0.1, 0.15) is 82.9 Å². The van der Waals surface area contributed by atoms with E-state index in [0.717, 1.165) is 22.9 Å². The average molecular weight is 563 g/mol. The lowest BCUT2D eigenvalue weighted by atomic mass is 10.0. The number of hydrogen-bond acceptors (Lipinski definition) is 2. The molecule has 0 saturated heterocycles. The van der Waals surface area contributed by atoms with E-state index in [-0.39, 0.29) is 11.8 Å². The highest BCUT2D eigenvalue weighted by Gasteiger charge is 2.14. The Morgan fingerprint density at radius 1 is 0.700 bits per heavy atom. The summed E-state index contributed by atoms with van der Waals surface area (Å²) in [6.07, 6.45) is 9.57. The number of quaternary nitrogens is 1. The van der Waals surface area contributed by atoms with E-state index in [1.54, 1.807) is 12.1 Å². The molecular formula is C34H45ClN3O2+. The summed E-state index contributed by atoms with van der Waals surface area (Å²) in [5, 5.41) is 6.20. The van der Waals surface area contributed by atoms with Crippen LogP contribution in [0.2, 0.25) is 5.02 Å². The molecule has 0 spiro atoms. The van der Waals surface area contributed by atoms with Gasteiger partial charge in [-0.15, -0.1) is 0 Å². The number of aryl methyl sites for hydroxylation is 3. The maximum Gasteiger partial charge on any atom is 0.255 e. The summed E-state index contributed by atoms with van der Waals surface area (Å²) in [7, 11) is 6.75. The van der Waals surface area contributed by atoms with Gasteiger partial charge in [-0.05, 0) is 92.1 Å². The molecule has 0 fully saturated rings. The molecule has 2 amide bonds. The molecule has 0 aliphatic rings. The minimum Gasteiger partial charge on any atom is -0.331 e. The first kappa shape index (κ1) is 31.4. The zero-order valence-electron chi connectivity index (χ0n) is 24.8. The monoisotopic (exact) mass is 562 g/mol. The molecule has 3 aromatic carbocycles. The van der Waals surface area contributed by atoms with Gasteiger partial charge >= 0.3 is 0 Å². The number of carbonyl (C=O) groups is 2. The normalized spacial score (nSPS) is 11.3. The van der Waals surface area contributed by atoms with Crippen molar-refractivity contribution in [2.45, 2.75) is 65.2 Å². The van der Waals surface area contributed by atoms with Gasteiger partial charge in [-0.2, -0.15) is 0 Å². The fourth-order valence-corrected chi connectivity index (χ4v) is 4.85. The van der Waals surface area contributed by atoms with E-state index in [2.05, 4.69) is 38.7 Å². The van der Waals surface area contributed by atoms with E-state index in [4.69, 9.17) is 11.6 Å². The third kappa shape index (κ3) is 10.1. The number of halogens is 1. The standard InChI is InChI=1S/C34H44ClN3O2/c1-6-26-14-18-28(19-15-26)33(39)36-31-24-30(35)32(23-25(31)2)37-34(40)29-20-16-27(17-21-29)13-11-9-7-8-10-12-22-38(3,4)5/h14-21,23-24H,6-13,22H2,1-5H3,(H-,36,37,39,40)/p+1. The molecule has 2 N–H and O–H groups in total. The minimum atomic E-state index is -0.213. The zero-order valence-corrected chi connectivity index (χ0v) is 25.5. The number of unbranched alkanes of at least 4 members (excludes halogenated alkanes) is 5. The molecule has 40 heavy (non-hydrogen) atoms. The quantitative estimate of drug-likeness (QED) is 0.153. The van der Waals surface area contributed by atoms with Crippen molar-refractivity contribution in [3.05, 3.63) is 93.5 Å². The SMILES string of the molecule is CCc1ccc(C(=O)Nc2cc(Cl)c(NC(=O)c3ccc(CCCCCCCC[N+](C)(C)C)cc3)cc2C)cc1. The molecule has 0 aromatic heterocycles. The minimum absolute atomic E-state index is 0.200. The molecule has 5 nitrogen and oxygen atoms in total. The Morgan fingerprint density at radius 2 is 1.20 bits per heavy atom. The number of nitrogens with zero attached hydrogens (tertiary/aromatic N) is 1. The van der Waals surface area contributed by atoms with Gasteiger partial charge in [-0.25, -0.2) is 0 Å². The molecule has 0 radical (unpaired) electrons. The van der Waals surface area contributed by atoms with Gasteiger partial charge in [0.25, 0.3) is 11.8 Å². The van der Waals surface area contributed by atoms with Crippen LogP contribution < -0.4 is 10.6 Å². The summed E-state index contributed by atoms with van der Waals surface area (Å²) in [5.41, 5.74) is 5.53. The van der Waals surface area contributed by atoms with Crippen LogP contribution >= 0.6 is 11.6 Å². The molecule has 214 valence electrons. The van der Waals surface area contributed by atoms with Crippen molar-refractivity contribution < 1.29 is 14.1 Å². The number of carbonyl (C=O) groups excluding carboxylic acids is 2. The van der Waals surface area contributed by atoms with Crippen molar-refractivity contribution >= 4 is 34.8 Å². The van der Waals surface area contributed by atoms with Gasteiger partial charge in [0.05, 0.1) is 38.4 Å². The Hall–Kier alpha value is -3.15. The fraction of sp³-hybridized carbons (Fsp3) is 0.412. The number of anilines is 2. The number of amides is 2. The van der Waals surface area contributed by atoms with Crippen LogP contribution in [0.4, 0.5) is 11.4 Å². The zero-order chi connectivity index (χ0) is 29.1. The van der Waals surface area contributed by atoms with E-state index in [1.165, 1.54) is 56.2 Å². The smallest absolute Gasteiger partial charge is 0.255 e. The van der Waals surface area contributed by atoms with Crippen molar-refractivity contribution in [3.8, 4) is 0 Å². The maximum absolute atomic E-state index is 12.9. The Bertz CT molecular complexity index is 1260. The van der Waals surface area contributed by atoms with Crippen LogP contribution in [0.5, 0.6) is 0 Å². The lowest BCUT2D eigenvalue weighted by Crippen LogP contribution is -2.35. The topological polar surface area (TPSA) is 58.2 Å². The molecule has 0 aliphatic carbocycles. The molecule has 0 saturated carbocycles. The second-order valence-electron chi connectivity index (χ2n) is 11.7. The highest BCUT2D eigenvalue weighted by atomic mass is 35.5. The van der Waals surface area contributed by atoms with Gasteiger partial charge in [0.1, 0.15) is 0 Å². The Labute approximate surface area is 245 Å². The lowest BCUT2D eigenvalue weighted by molar-refractivity contribution is -0.870. The van der Waals surface area contributed by atoms with Crippen molar-refractivity contribution in [1.82, 2.24) is 0 Å². The number of benzene rings is 3. The molecular weight excluding hydrogens is 518 g/mol. The van der Waals surface area contributed by atoms with E-state index < -0.39 is 0 Å². The van der Waals surface area contributed by atoms with Gasteiger partial charge in [0.15, 0.2) is 0 Å². The van der Waals surface area contributed by atoms with Gasteiger partial charge in [0, 0.05) is 16.8 Å². The fourth-order valence-electron chi connectivity index (χ4n) is 4.64. The third-order valence-electron chi connectivity index (χ3n) is 7.20. The van der Waals surface area contributed by atoms with Crippen LogP contribution in [0.15, 0.2) is 60.7 Å². The largest absolute Gasteiger partial charge is 0.331 e. The summed E-state index contributed by atoms with van der Waals surface area (Å²) in [6.45, 7) is 5.19. The Morgan fingerprint density at radius 3 is 1.75 bits per heavy atom. The van der Waals surface area contributed by atoms with Crippen molar-refractivity contribution in [3.63, 3.8) is 0 Å². The third-order valence-corrected chi connectivity index (χ3v) is 7.51. The summed E-state index contributed by atoms with van der Waals surface area (Å²) in [6, 6.07) is 18.8. The van der Waals surface area contributed by atoms with Crippen LogP contribution in [0.25, 0.3) is 0 Å². The van der Waals surface area contributed by atoms with Crippen molar-refractivity contribution in [2.24, 2.45) is 0 Å². The predicted octanol–water partition coefficient (Wildman–Crippen LogP) is 8.30. The van der Waals surface area contributed by atoms with E-state index in [9.17, 15) is 9.59 Å². The lowest BCUT2D eigenvalue weighted by Gasteiger charge is -2.23. The highest BCUT2D eigenvalue weighted by molar-refractivity contribution is 6.34. The van der Waals surface area contributed by atoms with E-state index in [0.29, 0.717) is 27.5 Å². The van der Waals surface area contributed by atoms with Gasteiger partial charge < -0.3 is 15.1 Å². The molecule has 0 heterocycles. The molecule has 0 atom stereocenters. The van der Waals surface area contributed by atoms with Gasteiger partial charge in [-0.3, -0.25) is 9.59 Å². The molecule has 0 unspecified atom stereocenters. The van der Waals surface area contributed by atoms with Crippen LogP contribution in [0.3, 0.4) is 0 Å². The molecule has 6 heteroatoms. The Kier molecular flexibility index (Phi) is 11.8. The molecule has 3 aromatic rings. The molecule has 0 bridgehead atoms. The van der Waals surface area contributed by atoms with Gasteiger partial charge in [0.2, 0.25) is 0 Å². The second-order valence-corrected chi connectivity index (χ2v) is 12.1. The summed E-state index contributed by atoms with van der Waals surface area (Å²) in [4.78, 5) is 25.6. The first-order valence-corrected chi connectivity index (χ1v) is 14.8. The van der Waals surface area contributed by atoms with E-state index >= 15 is 0 Å². The maximum atomic E-state index is 12.9. The highest BCUT2D eigenvalue weighted by Crippen LogP contribution is 2.30. The van der Waals surface area contributed by atoms with Crippen LogP contribution in [0, 0.1) is 6.92 Å². The summed E-state index contributed by atoms with van der Waals surface area (Å²) >= 11 is 6.49. The average Bonchev–Trinajstić information content (AvgIpc) is 2.92. The van der Waals surface area contributed by atoms with E-state index in [1.807, 2.05) is 55.5 Å².